The van der Waals surface area contributed by atoms with Gasteiger partial charge in [-0.1, -0.05) is 6.07 Å². The summed E-state index contributed by atoms with van der Waals surface area (Å²) >= 11 is 0. The molecule has 6 heteroatoms. The van der Waals surface area contributed by atoms with Crippen LogP contribution in [0.5, 0.6) is 5.75 Å². The normalized spacial score (nSPS) is 11.6. The molecule has 0 bridgehead atoms. The van der Waals surface area contributed by atoms with E-state index in [0.717, 1.165) is 0 Å². The SMILES string of the molecule is COc1cc(N)ccc1S(=O)Cc1cccnc1C#N. The van der Waals surface area contributed by atoms with Crippen molar-refractivity contribution in [3.05, 3.63) is 47.8 Å². The lowest BCUT2D eigenvalue weighted by Crippen LogP contribution is -2.02. The molecular weight excluding hydrogens is 274 g/mol. The van der Waals surface area contributed by atoms with Crippen LogP contribution in [0.3, 0.4) is 0 Å². The molecule has 0 radical (unpaired) electrons. The molecule has 1 atom stereocenters. The second kappa shape index (κ2) is 6.17. The van der Waals surface area contributed by atoms with Crippen LogP contribution in [0.15, 0.2) is 41.4 Å². The van der Waals surface area contributed by atoms with Gasteiger partial charge in [0.05, 0.1) is 28.6 Å². The number of hydrogen-bond acceptors (Lipinski definition) is 5. The predicted molar refractivity (Wildman–Crippen MR) is 76.5 cm³/mol. The molecule has 1 aromatic heterocycles. The Labute approximate surface area is 119 Å². The van der Waals surface area contributed by atoms with E-state index in [1.54, 1.807) is 30.3 Å². The number of rotatable bonds is 4. The highest BCUT2D eigenvalue weighted by atomic mass is 32.2. The zero-order chi connectivity index (χ0) is 14.5. The van der Waals surface area contributed by atoms with Gasteiger partial charge in [-0.25, -0.2) is 4.98 Å². The summed E-state index contributed by atoms with van der Waals surface area (Å²) in [6, 6.07) is 10.4. The summed E-state index contributed by atoms with van der Waals surface area (Å²) in [4.78, 5) is 4.50. The van der Waals surface area contributed by atoms with Crippen molar-refractivity contribution < 1.29 is 8.95 Å². The summed E-state index contributed by atoms with van der Waals surface area (Å²) in [5, 5.41) is 8.99. The number of ether oxygens (including phenoxy) is 1. The minimum Gasteiger partial charge on any atom is -0.495 e. The third-order valence-electron chi connectivity index (χ3n) is 2.72. The Kier molecular flexibility index (Phi) is 4.33. The number of nitrogen functional groups attached to an aromatic ring is 1. The predicted octanol–water partition coefficient (Wildman–Crippen LogP) is 1.85. The highest BCUT2D eigenvalue weighted by Crippen LogP contribution is 2.26. The number of anilines is 1. The van der Waals surface area contributed by atoms with Crippen LogP contribution in [0, 0.1) is 11.3 Å². The lowest BCUT2D eigenvalue weighted by atomic mass is 10.2. The molecule has 2 N–H and O–H groups in total. The minimum absolute atomic E-state index is 0.205. The van der Waals surface area contributed by atoms with Crippen LogP contribution in [0.2, 0.25) is 0 Å². The molecule has 0 aliphatic rings. The Balaban J connectivity index is 2.31. The van der Waals surface area contributed by atoms with Crippen molar-refractivity contribution >= 4 is 16.5 Å². The van der Waals surface area contributed by atoms with E-state index in [1.807, 2.05) is 6.07 Å². The molecule has 0 saturated heterocycles. The molecule has 0 saturated carbocycles. The quantitative estimate of drug-likeness (QED) is 0.867. The molecule has 0 aliphatic carbocycles. The van der Waals surface area contributed by atoms with E-state index in [-0.39, 0.29) is 11.4 Å². The van der Waals surface area contributed by atoms with Gasteiger partial charge in [0.2, 0.25) is 0 Å². The summed E-state index contributed by atoms with van der Waals surface area (Å²) in [6.45, 7) is 0. The number of nitrogens with two attached hydrogens (primary N) is 1. The molecule has 1 aromatic carbocycles. The van der Waals surface area contributed by atoms with Crippen molar-refractivity contribution in [1.82, 2.24) is 4.98 Å². The molecule has 2 aromatic rings. The first kappa shape index (κ1) is 14.0. The van der Waals surface area contributed by atoms with Crippen LogP contribution in [-0.2, 0) is 16.6 Å². The fourth-order valence-electron chi connectivity index (χ4n) is 1.75. The van der Waals surface area contributed by atoms with Gasteiger partial charge in [-0.2, -0.15) is 5.26 Å². The van der Waals surface area contributed by atoms with Gasteiger partial charge in [0.1, 0.15) is 17.5 Å². The average molecular weight is 287 g/mol. The van der Waals surface area contributed by atoms with Crippen LogP contribution in [-0.4, -0.2) is 16.3 Å². The van der Waals surface area contributed by atoms with Crippen molar-refractivity contribution in [1.29, 1.82) is 5.26 Å². The first-order valence-electron chi connectivity index (χ1n) is 5.81. The van der Waals surface area contributed by atoms with E-state index in [4.69, 9.17) is 15.7 Å². The highest BCUT2D eigenvalue weighted by molar-refractivity contribution is 7.84. The molecule has 0 aliphatic heterocycles. The molecule has 20 heavy (non-hydrogen) atoms. The molecular formula is C14H13N3O2S. The summed E-state index contributed by atoms with van der Waals surface area (Å²) in [5.41, 5.74) is 7.15. The van der Waals surface area contributed by atoms with Crippen LogP contribution in [0.1, 0.15) is 11.3 Å². The second-order valence-corrected chi connectivity index (χ2v) is 5.44. The maximum absolute atomic E-state index is 12.4. The van der Waals surface area contributed by atoms with Crippen LogP contribution in [0.25, 0.3) is 0 Å². The van der Waals surface area contributed by atoms with Crippen molar-refractivity contribution in [2.24, 2.45) is 0 Å². The number of hydrogen-bond donors (Lipinski definition) is 1. The smallest absolute Gasteiger partial charge is 0.144 e. The standard InChI is InChI=1S/C14H13N3O2S/c1-19-13-7-11(16)4-5-14(13)20(18)9-10-3-2-6-17-12(10)8-15/h2-7H,9,16H2,1H3. The van der Waals surface area contributed by atoms with Crippen LogP contribution in [0.4, 0.5) is 5.69 Å². The third kappa shape index (κ3) is 2.95. The Morgan fingerprint density at radius 3 is 2.95 bits per heavy atom. The summed E-state index contributed by atoms with van der Waals surface area (Å²) in [5.74, 6) is 0.683. The van der Waals surface area contributed by atoms with Crippen molar-refractivity contribution in [3.8, 4) is 11.8 Å². The van der Waals surface area contributed by atoms with Gasteiger partial charge in [0.15, 0.2) is 0 Å². The lowest BCUT2D eigenvalue weighted by Gasteiger charge is -2.09. The number of nitriles is 1. The fourth-order valence-corrected chi connectivity index (χ4v) is 3.00. The summed E-state index contributed by atoms with van der Waals surface area (Å²) < 4.78 is 17.6. The minimum atomic E-state index is -1.34. The fraction of sp³-hybridized carbons (Fsp3) is 0.143. The molecule has 1 unspecified atom stereocenters. The zero-order valence-electron chi connectivity index (χ0n) is 10.9. The van der Waals surface area contributed by atoms with E-state index in [2.05, 4.69) is 4.98 Å². The topological polar surface area (TPSA) is 89.0 Å². The zero-order valence-corrected chi connectivity index (χ0v) is 11.7. The third-order valence-corrected chi connectivity index (χ3v) is 4.12. The van der Waals surface area contributed by atoms with E-state index in [9.17, 15) is 4.21 Å². The van der Waals surface area contributed by atoms with Gasteiger partial charge in [0.25, 0.3) is 0 Å². The lowest BCUT2D eigenvalue weighted by molar-refractivity contribution is 0.404. The Hall–Kier alpha value is -2.39. The van der Waals surface area contributed by atoms with Crippen LogP contribution < -0.4 is 10.5 Å². The largest absolute Gasteiger partial charge is 0.495 e. The molecule has 0 fully saturated rings. The number of methoxy groups -OCH3 is 1. The van der Waals surface area contributed by atoms with Gasteiger partial charge < -0.3 is 10.5 Å². The average Bonchev–Trinajstić information content (AvgIpc) is 2.47. The number of benzene rings is 1. The van der Waals surface area contributed by atoms with Crippen LogP contribution >= 0.6 is 0 Å². The van der Waals surface area contributed by atoms with Gasteiger partial charge in [0, 0.05) is 23.5 Å². The molecule has 2 rings (SSSR count). The first-order chi connectivity index (χ1) is 9.65. The number of aromatic nitrogens is 1. The van der Waals surface area contributed by atoms with Gasteiger partial charge in [-0.05, 0) is 18.2 Å². The first-order valence-corrected chi connectivity index (χ1v) is 7.13. The Morgan fingerprint density at radius 2 is 2.25 bits per heavy atom. The number of nitrogens with zero attached hydrogens (tertiary/aromatic N) is 2. The molecule has 0 amide bonds. The van der Waals surface area contributed by atoms with E-state index in [1.165, 1.54) is 13.3 Å². The van der Waals surface area contributed by atoms with Crippen molar-refractivity contribution in [3.63, 3.8) is 0 Å². The molecule has 1 heterocycles. The van der Waals surface area contributed by atoms with Crippen molar-refractivity contribution in [2.45, 2.75) is 10.6 Å². The van der Waals surface area contributed by atoms with Gasteiger partial charge >= 0.3 is 0 Å². The number of pyridine rings is 1. The van der Waals surface area contributed by atoms with Gasteiger partial charge in [-0.15, -0.1) is 0 Å². The maximum atomic E-state index is 12.4. The summed E-state index contributed by atoms with van der Waals surface area (Å²) in [6.07, 6.45) is 1.54. The van der Waals surface area contributed by atoms with Gasteiger partial charge in [-0.3, -0.25) is 4.21 Å². The molecule has 0 spiro atoms. The maximum Gasteiger partial charge on any atom is 0.144 e. The Morgan fingerprint density at radius 1 is 1.45 bits per heavy atom. The molecule has 102 valence electrons. The summed E-state index contributed by atoms with van der Waals surface area (Å²) in [7, 11) is 0.163. The van der Waals surface area contributed by atoms with E-state index in [0.29, 0.717) is 21.9 Å². The Bertz CT molecular complexity index is 695. The van der Waals surface area contributed by atoms with Crippen molar-refractivity contribution in [2.75, 3.05) is 12.8 Å². The van der Waals surface area contributed by atoms with E-state index >= 15 is 0 Å². The van der Waals surface area contributed by atoms with E-state index < -0.39 is 10.8 Å². The monoisotopic (exact) mass is 287 g/mol. The molecule has 5 nitrogen and oxygen atoms in total. The highest BCUT2D eigenvalue weighted by Gasteiger charge is 2.14. The second-order valence-electron chi connectivity index (χ2n) is 4.02.